The van der Waals surface area contributed by atoms with E-state index in [4.69, 9.17) is 9.47 Å². The molecule has 0 fully saturated rings. The Morgan fingerprint density at radius 3 is 2.71 bits per heavy atom. The number of ether oxygens (including phenoxy) is 2. The van der Waals surface area contributed by atoms with Crippen molar-refractivity contribution in [2.24, 2.45) is 0 Å². The number of pyridine rings is 1. The number of aromatic nitrogens is 1. The molecule has 0 aliphatic carbocycles. The molecule has 0 spiro atoms. The van der Waals surface area contributed by atoms with Gasteiger partial charge in [-0.05, 0) is 37.3 Å². The van der Waals surface area contributed by atoms with Gasteiger partial charge in [-0.3, -0.25) is 4.79 Å². The van der Waals surface area contributed by atoms with Crippen LogP contribution in [0.25, 0.3) is 11.3 Å². The molecule has 2 aromatic rings. The van der Waals surface area contributed by atoms with Gasteiger partial charge < -0.3 is 14.0 Å². The predicted octanol–water partition coefficient (Wildman–Crippen LogP) is 2.85. The van der Waals surface area contributed by atoms with Crippen LogP contribution in [0.5, 0.6) is 11.5 Å². The Bertz CT molecular complexity index is 1020. The fourth-order valence-corrected chi connectivity index (χ4v) is 4.43. The smallest absolute Gasteiger partial charge is 0.182 e. The van der Waals surface area contributed by atoms with Gasteiger partial charge in [-0.1, -0.05) is 6.92 Å². The number of fused-ring (bicyclic) bond motifs is 3. The SMILES string of the molecule is CCc1c2c(cc(OC)c1OCCCS(C)(=O)=O)-c1cc(=O)ccn1CCC2. The predicted molar refractivity (Wildman–Crippen MR) is 110 cm³/mol. The van der Waals surface area contributed by atoms with E-state index in [0.29, 0.717) is 24.5 Å². The molecule has 6 nitrogen and oxygen atoms in total. The molecule has 0 amide bonds. The van der Waals surface area contributed by atoms with Crippen LogP contribution in [0.1, 0.15) is 30.9 Å². The average molecular weight is 406 g/mol. The maximum Gasteiger partial charge on any atom is 0.182 e. The molecule has 7 heteroatoms. The monoisotopic (exact) mass is 405 g/mol. The van der Waals surface area contributed by atoms with Crippen molar-refractivity contribution in [3.05, 3.63) is 45.7 Å². The molecule has 0 saturated heterocycles. The summed E-state index contributed by atoms with van der Waals surface area (Å²) in [5.74, 6) is 1.39. The number of hydrogen-bond donors (Lipinski definition) is 0. The second kappa shape index (κ2) is 8.39. The second-order valence-electron chi connectivity index (χ2n) is 7.14. The molecule has 0 N–H and O–H groups in total. The van der Waals surface area contributed by atoms with E-state index in [9.17, 15) is 13.2 Å². The van der Waals surface area contributed by atoms with Gasteiger partial charge in [0.05, 0.1) is 25.2 Å². The Hall–Kier alpha value is -2.28. The standard InChI is InChI=1S/C21H27NO5S/c1-4-16-17-7-5-9-22-10-8-15(23)13-19(22)18(17)14-20(26-2)21(16)27-11-6-12-28(3,24)25/h8,10,13-14H,4-7,9,11-12H2,1-3H3. The number of rotatable bonds is 7. The number of methoxy groups -OCH3 is 1. The maximum absolute atomic E-state index is 12.0. The second-order valence-corrected chi connectivity index (χ2v) is 9.40. The lowest BCUT2D eigenvalue weighted by Crippen LogP contribution is -2.11. The van der Waals surface area contributed by atoms with Crippen molar-refractivity contribution in [3.8, 4) is 22.8 Å². The molecule has 1 aliphatic heterocycles. The molecule has 28 heavy (non-hydrogen) atoms. The van der Waals surface area contributed by atoms with Crippen LogP contribution in [0, 0.1) is 0 Å². The molecule has 2 heterocycles. The highest BCUT2D eigenvalue weighted by Gasteiger charge is 2.23. The first-order valence-electron chi connectivity index (χ1n) is 9.58. The van der Waals surface area contributed by atoms with Crippen LogP contribution in [0.15, 0.2) is 29.2 Å². The van der Waals surface area contributed by atoms with Crippen molar-refractivity contribution >= 4 is 9.84 Å². The quantitative estimate of drug-likeness (QED) is 0.662. The lowest BCUT2D eigenvalue weighted by molar-refractivity contribution is 0.291. The minimum absolute atomic E-state index is 0.0165. The van der Waals surface area contributed by atoms with E-state index >= 15 is 0 Å². The van der Waals surface area contributed by atoms with E-state index in [-0.39, 0.29) is 11.2 Å². The summed E-state index contributed by atoms with van der Waals surface area (Å²) in [6, 6.07) is 5.21. The van der Waals surface area contributed by atoms with Crippen LogP contribution in [0.2, 0.25) is 0 Å². The Morgan fingerprint density at radius 1 is 1.25 bits per heavy atom. The lowest BCUT2D eigenvalue weighted by atomic mass is 9.93. The first kappa shape index (κ1) is 20.5. The van der Waals surface area contributed by atoms with Gasteiger partial charge in [0, 0.05) is 42.3 Å². The lowest BCUT2D eigenvalue weighted by Gasteiger charge is -2.21. The van der Waals surface area contributed by atoms with Gasteiger partial charge in [-0.25, -0.2) is 8.42 Å². The summed E-state index contributed by atoms with van der Waals surface area (Å²) in [4.78, 5) is 12.0. The molecule has 1 aromatic heterocycles. The van der Waals surface area contributed by atoms with Gasteiger partial charge in [0.2, 0.25) is 0 Å². The molecule has 0 bridgehead atoms. The van der Waals surface area contributed by atoms with E-state index in [0.717, 1.165) is 42.6 Å². The Balaban J connectivity index is 2.04. The topological polar surface area (TPSA) is 74.6 Å². The molecule has 0 atom stereocenters. The maximum atomic E-state index is 12.0. The molecule has 152 valence electrons. The first-order valence-corrected chi connectivity index (χ1v) is 11.6. The van der Waals surface area contributed by atoms with Crippen molar-refractivity contribution < 1.29 is 17.9 Å². The summed E-state index contributed by atoms with van der Waals surface area (Å²) in [6.45, 7) is 3.23. The third kappa shape index (κ3) is 4.41. The third-order valence-electron chi connectivity index (χ3n) is 5.05. The molecule has 1 aromatic carbocycles. The molecule has 0 unspecified atom stereocenters. The van der Waals surface area contributed by atoms with E-state index in [1.807, 2.05) is 12.3 Å². The minimum atomic E-state index is -3.01. The molecule has 1 aliphatic rings. The van der Waals surface area contributed by atoms with Gasteiger partial charge in [0.15, 0.2) is 16.9 Å². The Kier molecular flexibility index (Phi) is 6.13. The van der Waals surface area contributed by atoms with Gasteiger partial charge in [0.1, 0.15) is 9.84 Å². The van der Waals surface area contributed by atoms with Gasteiger partial charge >= 0.3 is 0 Å². The number of benzene rings is 1. The van der Waals surface area contributed by atoms with Crippen LogP contribution in [-0.2, 0) is 29.2 Å². The van der Waals surface area contributed by atoms with Crippen molar-refractivity contribution in [2.45, 2.75) is 39.2 Å². The van der Waals surface area contributed by atoms with E-state index < -0.39 is 9.84 Å². The van der Waals surface area contributed by atoms with Gasteiger partial charge in [-0.2, -0.15) is 0 Å². The summed E-state index contributed by atoms with van der Waals surface area (Å²) in [5.41, 5.74) is 4.14. The summed E-state index contributed by atoms with van der Waals surface area (Å²) in [7, 11) is -1.41. The highest BCUT2D eigenvalue weighted by atomic mass is 32.2. The zero-order valence-corrected chi connectivity index (χ0v) is 17.5. The van der Waals surface area contributed by atoms with Crippen molar-refractivity contribution in [1.82, 2.24) is 4.57 Å². The molecule has 0 radical (unpaired) electrons. The van der Waals surface area contributed by atoms with Gasteiger partial charge in [-0.15, -0.1) is 0 Å². The average Bonchev–Trinajstić information content (AvgIpc) is 2.82. The number of hydrogen-bond acceptors (Lipinski definition) is 5. The van der Waals surface area contributed by atoms with Crippen LogP contribution in [0.3, 0.4) is 0 Å². The van der Waals surface area contributed by atoms with Crippen LogP contribution < -0.4 is 14.9 Å². The molecular weight excluding hydrogens is 378 g/mol. The zero-order chi connectivity index (χ0) is 20.3. The van der Waals surface area contributed by atoms with E-state index in [1.54, 1.807) is 19.2 Å². The van der Waals surface area contributed by atoms with E-state index in [2.05, 4.69) is 11.5 Å². The fourth-order valence-electron chi connectivity index (χ4n) is 3.79. The van der Waals surface area contributed by atoms with Gasteiger partial charge in [0.25, 0.3) is 0 Å². The Morgan fingerprint density at radius 2 is 2.04 bits per heavy atom. The highest BCUT2D eigenvalue weighted by Crippen LogP contribution is 2.42. The third-order valence-corrected chi connectivity index (χ3v) is 6.08. The first-order chi connectivity index (χ1) is 13.3. The molecule has 3 rings (SSSR count). The van der Waals surface area contributed by atoms with Crippen LogP contribution in [0.4, 0.5) is 0 Å². The zero-order valence-electron chi connectivity index (χ0n) is 16.7. The summed E-state index contributed by atoms with van der Waals surface area (Å²) in [6.07, 6.45) is 6.12. The number of nitrogens with zero attached hydrogens (tertiary/aromatic N) is 1. The van der Waals surface area contributed by atoms with Crippen LogP contribution >= 0.6 is 0 Å². The largest absolute Gasteiger partial charge is 0.493 e. The van der Waals surface area contributed by atoms with E-state index in [1.165, 1.54) is 11.8 Å². The highest BCUT2D eigenvalue weighted by molar-refractivity contribution is 7.90. The molecular formula is C21H27NO5S. The minimum Gasteiger partial charge on any atom is -0.493 e. The summed E-state index contributed by atoms with van der Waals surface area (Å²) >= 11 is 0. The van der Waals surface area contributed by atoms with Crippen LogP contribution in [-0.4, -0.2) is 38.7 Å². The molecule has 0 saturated carbocycles. The fraction of sp³-hybridized carbons (Fsp3) is 0.476. The van der Waals surface area contributed by atoms with Crippen molar-refractivity contribution in [1.29, 1.82) is 0 Å². The number of sulfone groups is 1. The number of aryl methyl sites for hydroxylation is 1. The van der Waals surface area contributed by atoms with Crippen molar-refractivity contribution in [2.75, 3.05) is 25.7 Å². The van der Waals surface area contributed by atoms with Crippen molar-refractivity contribution in [3.63, 3.8) is 0 Å². The Labute approximate surface area is 166 Å². The summed E-state index contributed by atoms with van der Waals surface area (Å²) in [5, 5.41) is 0. The normalized spacial score (nSPS) is 13.4. The summed E-state index contributed by atoms with van der Waals surface area (Å²) < 4.78 is 36.4.